The first-order chi connectivity index (χ1) is 9.53. The van der Waals surface area contributed by atoms with Crippen molar-refractivity contribution in [3.05, 3.63) is 60.2 Å². The Labute approximate surface area is 119 Å². The van der Waals surface area contributed by atoms with Crippen LogP contribution in [0.1, 0.15) is 5.56 Å². The van der Waals surface area contributed by atoms with Crippen LogP contribution in [0.4, 0.5) is 13.2 Å². The lowest BCUT2D eigenvalue weighted by Crippen LogP contribution is -2.16. The van der Waals surface area contributed by atoms with Crippen LogP contribution >= 0.6 is 11.9 Å². The molecule has 0 radical (unpaired) electrons. The summed E-state index contributed by atoms with van der Waals surface area (Å²) >= 11 is 1.36. The molecule has 106 valence electrons. The lowest BCUT2D eigenvalue weighted by atomic mass is 10.2. The van der Waals surface area contributed by atoms with Crippen molar-refractivity contribution < 1.29 is 17.9 Å². The molecule has 1 N–H and O–H groups in total. The van der Waals surface area contributed by atoms with Crippen LogP contribution in [0.5, 0.6) is 5.75 Å². The molecule has 0 aliphatic rings. The van der Waals surface area contributed by atoms with Gasteiger partial charge in [-0.2, -0.15) is 0 Å². The molecule has 0 atom stereocenters. The molecule has 0 heterocycles. The average Bonchev–Trinajstić information content (AvgIpc) is 2.40. The molecule has 2 nitrogen and oxygen atoms in total. The predicted octanol–water partition coefficient (Wildman–Crippen LogP) is 4.38. The molecule has 2 aromatic carbocycles. The van der Waals surface area contributed by atoms with Gasteiger partial charge in [0.1, 0.15) is 5.75 Å². The molecular formula is C14H12F3NOS. The van der Waals surface area contributed by atoms with E-state index in [0.717, 1.165) is 10.5 Å². The van der Waals surface area contributed by atoms with Crippen LogP contribution in [0, 0.1) is 0 Å². The third-order valence-electron chi connectivity index (χ3n) is 2.37. The maximum Gasteiger partial charge on any atom is 0.573 e. The summed E-state index contributed by atoms with van der Waals surface area (Å²) in [5, 5.41) is 0. The number of hydrogen-bond acceptors (Lipinski definition) is 3. The highest BCUT2D eigenvalue weighted by Gasteiger charge is 2.30. The Morgan fingerprint density at radius 2 is 1.60 bits per heavy atom. The van der Waals surface area contributed by atoms with Crippen molar-refractivity contribution in [1.82, 2.24) is 4.72 Å². The summed E-state index contributed by atoms with van der Waals surface area (Å²) in [7, 11) is 0. The summed E-state index contributed by atoms with van der Waals surface area (Å²) in [6, 6.07) is 15.6. The van der Waals surface area contributed by atoms with Gasteiger partial charge in [-0.05, 0) is 41.8 Å². The second-order valence-electron chi connectivity index (χ2n) is 3.93. The first-order valence-electron chi connectivity index (χ1n) is 5.82. The van der Waals surface area contributed by atoms with E-state index in [2.05, 4.69) is 9.46 Å². The van der Waals surface area contributed by atoms with Gasteiger partial charge in [-0.1, -0.05) is 30.3 Å². The molecule has 20 heavy (non-hydrogen) atoms. The number of benzene rings is 2. The van der Waals surface area contributed by atoms with Crippen LogP contribution in [0.2, 0.25) is 0 Å². The zero-order valence-electron chi connectivity index (χ0n) is 10.4. The van der Waals surface area contributed by atoms with Crippen molar-refractivity contribution in [2.24, 2.45) is 0 Å². The number of nitrogens with one attached hydrogen (secondary N) is 1. The molecule has 0 aliphatic carbocycles. The largest absolute Gasteiger partial charge is 0.573 e. The molecule has 0 aliphatic heterocycles. The third kappa shape index (κ3) is 5.14. The Hall–Kier alpha value is -1.66. The molecule has 2 aromatic rings. The van der Waals surface area contributed by atoms with Gasteiger partial charge >= 0.3 is 6.36 Å². The molecule has 0 spiro atoms. The highest BCUT2D eigenvalue weighted by Crippen LogP contribution is 2.25. The summed E-state index contributed by atoms with van der Waals surface area (Å²) < 4.78 is 42.9. The third-order valence-corrected chi connectivity index (χ3v) is 3.16. The van der Waals surface area contributed by atoms with E-state index in [-0.39, 0.29) is 5.75 Å². The standard InChI is InChI=1S/C14H12F3NOS/c15-14(16,17)19-12-6-8-13(9-7-12)20-18-10-11-4-2-1-3-5-11/h1-9,18H,10H2. The van der Waals surface area contributed by atoms with Crippen LogP contribution in [-0.2, 0) is 6.54 Å². The van der Waals surface area contributed by atoms with Crippen molar-refractivity contribution in [2.45, 2.75) is 17.8 Å². The van der Waals surface area contributed by atoms with Gasteiger partial charge in [-0.15, -0.1) is 13.2 Å². The fourth-order valence-electron chi connectivity index (χ4n) is 1.51. The van der Waals surface area contributed by atoms with E-state index >= 15 is 0 Å². The first-order valence-corrected chi connectivity index (χ1v) is 6.64. The SMILES string of the molecule is FC(F)(F)Oc1ccc(SNCc2ccccc2)cc1. The maximum absolute atomic E-state index is 12.0. The zero-order valence-corrected chi connectivity index (χ0v) is 11.2. The predicted molar refractivity (Wildman–Crippen MR) is 72.3 cm³/mol. The summed E-state index contributed by atoms with van der Waals surface area (Å²) in [6.07, 6.45) is -4.65. The molecule has 0 saturated carbocycles. The highest BCUT2D eigenvalue weighted by molar-refractivity contribution is 7.97. The van der Waals surface area contributed by atoms with Crippen LogP contribution < -0.4 is 9.46 Å². The van der Waals surface area contributed by atoms with Gasteiger partial charge in [-0.25, -0.2) is 0 Å². The Kier molecular flexibility index (Phi) is 4.92. The van der Waals surface area contributed by atoms with Gasteiger partial charge in [-0.3, -0.25) is 4.72 Å². The Balaban J connectivity index is 1.82. The second-order valence-corrected chi connectivity index (χ2v) is 4.89. The van der Waals surface area contributed by atoms with Crippen LogP contribution in [0.15, 0.2) is 59.5 Å². The highest BCUT2D eigenvalue weighted by atomic mass is 32.2. The summed E-state index contributed by atoms with van der Waals surface area (Å²) in [5.41, 5.74) is 1.14. The lowest BCUT2D eigenvalue weighted by molar-refractivity contribution is -0.274. The van der Waals surface area contributed by atoms with E-state index in [1.807, 2.05) is 30.3 Å². The normalized spacial score (nSPS) is 11.3. The van der Waals surface area contributed by atoms with Crippen LogP contribution in [0.3, 0.4) is 0 Å². The fourth-order valence-corrected chi connectivity index (χ4v) is 2.19. The topological polar surface area (TPSA) is 21.3 Å². The minimum absolute atomic E-state index is 0.218. The Morgan fingerprint density at radius 3 is 2.20 bits per heavy atom. The quantitative estimate of drug-likeness (QED) is 0.828. The van der Waals surface area contributed by atoms with Crippen molar-refractivity contribution >= 4 is 11.9 Å². The van der Waals surface area contributed by atoms with E-state index in [1.54, 1.807) is 12.1 Å². The maximum atomic E-state index is 12.0. The molecule has 0 unspecified atom stereocenters. The van der Waals surface area contributed by atoms with Crippen LogP contribution in [-0.4, -0.2) is 6.36 Å². The summed E-state index contributed by atoms with van der Waals surface area (Å²) in [4.78, 5) is 0.815. The number of hydrogen-bond donors (Lipinski definition) is 1. The molecule has 0 amide bonds. The molecule has 0 saturated heterocycles. The van der Waals surface area contributed by atoms with Gasteiger partial charge in [0.25, 0.3) is 0 Å². The van der Waals surface area contributed by atoms with E-state index in [0.29, 0.717) is 6.54 Å². The summed E-state index contributed by atoms with van der Waals surface area (Å²) in [6.45, 7) is 0.673. The van der Waals surface area contributed by atoms with Gasteiger partial charge < -0.3 is 4.74 Å². The minimum atomic E-state index is -4.65. The Morgan fingerprint density at radius 1 is 0.950 bits per heavy atom. The summed E-state index contributed by atoms with van der Waals surface area (Å²) in [5.74, 6) is -0.218. The number of alkyl halides is 3. The lowest BCUT2D eigenvalue weighted by Gasteiger charge is -2.09. The molecule has 2 rings (SSSR count). The van der Waals surface area contributed by atoms with Crippen molar-refractivity contribution in [1.29, 1.82) is 0 Å². The van der Waals surface area contributed by atoms with Crippen LogP contribution in [0.25, 0.3) is 0 Å². The monoisotopic (exact) mass is 299 g/mol. The van der Waals surface area contributed by atoms with Crippen molar-refractivity contribution in [3.8, 4) is 5.75 Å². The van der Waals surface area contributed by atoms with E-state index in [4.69, 9.17) is 0 Å². The number of rotatable bonds is 5. The van der Waals surface area contributed by atoms with Gasteiger partial charge in [0.2, 0.25) is 0 Å². The smallest absolute Gasteiger partial charge is 0.406 e. The number of halogens is 3. The average molecular weight is 299 g/mol. The van der Waals surface area contributed by atoms with Crippen molar-refractivity contribution in [2.75, 3.05) is 0 Å². The van der Waals surface area contributed by atoms with E-state index in [1.165, 1.54) is 24.1 Å². The molecule has 0 bridgehead atoms. The fraction of sp³-hybridized carbons (Fsp3) is 0.143. The number of ether oxygens (including phenoxy) is 1. The van der Waals surface area contributed by atoms with Gasteiger partial charge in [0.05, 0.1) is 0 Å². The Bertz CT molecular complexity index is 528. The molecule has 6 heteroatoms. The van der Waals surface area contributed by atoms with Gasteiger partial charge in [0, 0.05) is 11.4 Å². The second kappa shape index (κ2) is 6.67. The molecule has 0 fully saturated rings. The molecule has 0 aromatic heterocycles. The zero-order chi connectivity index (χ0) is 14.4. The first kappa shape index (κ1) is 14.7. The molecular weight excluding hydrogens is 287 g/mol. The van der Waals surface area contributed by atoms with E-state index < -0.39 is 6.36 Å². The van der Waals surface area contributed by atoms with Gasteiger partial charge in [0.15, 0.2) is 0 Å². The van der Waals surface area contributed by atoms with Crippen molar-refractivity contribution in [3.63, 3.8) is 0 Å². The van der Waals surface area contributed by atoms with E-state index in [9.17, 15) is 13.2 Å². The minimum Gasteiger partial charge on any atom is -0.406 e.